The number of pyridine rings is 1. The summed E-state index contributed by atoms with van der Waals surface area (Å²) >= 11 is 3.38. The fourth-order valence-corrected chi connectivity index (χ4v) is 2.20. The summed E-state index contributed by atoms with van der Waals surface area (Å²) in [5, 5.41) is 0. The lowest BCUT2D eigenvalue weighted by atomic mass is 10.2. The van der Waals surface area contributed by atoms with Gasteiger partial charge in [0.2, 0.25) is 0 Å². The zero-order valence-electron chi connectivity index (χ0n) is 9.58. The van der Waals surface area contributed by atoms with Crippen molar-refractivity contribution in [2.24, 2.45) is 0 Å². The highest BCUT2D eigenvalue weighted by atomic mass is 79.9. The van der Waals surface area contributed by atoms with Crippen molar-refractivity contribution in [3.05, 3.63) is 65.2 Å². The molecule has 0 amide bonds. The molecule has 3 nitrogen and oxygen atoms in total. The van der Waals surface area contributed by atoms with Crippen molar-refractivity contribution < 1.29 is 4.74 Å². The monoisotopic (exact) mass is 302 g/mol. The van der Waals surface area contributed by atoms with Gasteiger partial charge >= 0.3 is 0 Å². The molecular weight excluding hydrogens is 292 g/mol. The smallest absolute Gasteiger partial charge is 0.181 e. The van der Waals surface area contributed by atoms with Crippen molar-refractivity contribution in [1.82, 2.24) is 9.38 Å². The highest BCUT2D eigenvalue weighted by Crippen LogP contribution is 2.19. The summed E-state index contributed by atoms with van der Waals surface area (Å²) in [5.41, 5.74) is 2.17. The van der Waals surface area contributed by atoms with Gasteiger partial charge in [-0.15, -0.1) is 0 Å². The highest BCUT2D eigenvalue weighted by Gasteiger charge is 2.02. The molecule has 4 heteroatoms. The van der Waals surface area contributed by atoms with Gasteiger partial charge in [0.05, 0.1) is 11.7 Å². The van der Waals surface area contributed by atoms with E-state index in [1.807, 2.05) is 53.1 Å². The number of halogens is 1. The lowest BCUT2D eigenvalue weighted by Crippen LogP contribution is -1.95. The summed E-state index contributed by atoms with van der Waals surface area (Å²) in [6, 6.07) is 14.0. The number of imidazole rings is 1. The van der Waals surface area contributed by atoms with Gasteiger partial charge in [-0.2, -0.15) is 0 Å². The summed E-state index contributed by atoms with van der Waals surface area (Å²) < 4.78 is 8.50. The van der Waals surface area contributed by atoms with Crippen molar-refractivity contribution in [2.75, 3.05) is 0 Å². The maximum absolute atomic E-state index is 5.75. The van der Waals surface area contributed by atoms with Gasteiger partial charge in [-0.05, 0) is 27.6 Å². The molecule has 0 aliphatic heterocycles. The van der Waals surface area contributed by atoms with Crippen molar-refractivity contribution in [3.63, 3.8) is 0 Å². The van der Waals surface area contributed by atoms with Gasteiger partial charge in [0, 0.05) is 12.3 Å². The van der Waals surface area contributed by atoms with Crippen molar-refractivity contribution in [1.29, 1.82) is 0 Å². The molecule has 0 saturated heterocycles. The maximum atomic E-state index is 5.75. The standard InChI is InChI=1S/C14H11BrN2O/c15-14-16-9-12-8-13(6-7-17(12)14)18-10-11-4-2-1-3-5-11/h1-9H,10H2. The van der Waals surface area contributed by atoms with Gasteiger partial charge in [-0.1, -0.05) is 30.3 Å². The Labute approximate surface area is 113 Å². The Balaban J connectivity index is 1.79. The second-order valence-electron chi connectivity index (χ2n) is 3.96. The van der Waals surface area contributed by atoms with Crippen LogP contribution in [0.3, 0.4) is 0 Å². The first-order chi connectivity index (χ1) is 8.83. The first kappa shape index (κ1) is 11.3. The molecule has 3 aromatic rings. The Hall–Kier alpha value is -1.81. The number of ether oxygens (including phenoxy) is 1. The van der Waals surface area contributed by atoms with E-state index in [1.54, 1.807) is 6.20 Å². The molecule has 0 bridgehead atoms. The Morgan fingerprint density at radius 1 is 1.17 bits per heavy atom. The molecule has 2 heterocycles. The van der Waals surface area contributed by atoms with E-state index >= 15 is 0 Å². The maximum Gasteiger partial charge on any atom is 0.181 e. The van der Waals surface area contributed by atoms with Gasteiger partial charge in [0.15, 0.2) is 4.73 Å². The second-order valence-corrected chi connectivity index (χ2v) is 4.67. The number of fused-ring (bicyclic) bond motifs is 1. The van der Waals surface area contributed by atoms with Crippen molar-refractivity contribution in [2.45, 2.75) is 6.61 Å². The number of aromatic nitrogens is 2. The molecule has 0 atom stereocenters. The van der Waals surface area contributed by atoms with Crippen LogP contribution in [0.4, 0.5) is 0 Å². The molecule has 0 aliphatic carbocycles. The summed E-state index contributed by atoms with van der Waals surface area (Å²) in [6.45, 7) is 0.576. The first-order valence-electron chi connectivity index (χ1n) is 5.62. The van der Waals surface area contributed by atoms with E-state index in [-0.39, 0.29) is 0 Å². The predicted molar refractivity (Wildman–Crippen MR) is 73.7 cm³/mol. The van der Waals surface area contributed by atoms with Crippen LogP contribution in [0.15, 0.2) is 59.6 Å². The van der Waals surface area contributed by atoms with Gasteiger partial charge in [0.1, 0.15) is 12.4 Å². The van der Waals surface area contributed by atoms with Crippen LogP contribution in [0.5, 0.6) is 5.75 Å². The van der Waals surface area contributed by atoms with Crippen LogP contribution in [-0.2, 0) is 6.61 Å². The minimum Gasteiger partial charge on any atom is -0.489 e. The normalized spacial score (nSPS) is 10.7. The van der Waals surface area contributed by atoms with Crippen LogP contribution in [0.25, 0.3) is 5.52 Å². The predicted octanol–water partition coefficient (Wildman–Crippen LogP) is 3.68. The molecule has 0 fully saturated rings. The lowest BCUT2D eigenvalue weighted by molar-refractivity contribution is 0.306. The fourth-order valence-electron chi connectivity index (χ4n) is 1.78. The Morgan fingerprint density at radius 3 is 2.83 bits per heavy atom. The van der Waals surface area contributed by atoms with E-state index in [4.69, 9.17) is 4.74 Å². The minimum atomic E-state index is 0.576. The van der Waals surface area contributed by atoms with Crippen LogP contribution < -0.4 is 4.74 Å². The third kappa shape index (κ3) is 2.24. The van der Waals surface area contributed by atoms with Crippen LogP contribution in [-0.4, -0.2) is 9.38 Å². The largest absolute Gasteiger partial charge is 0.489 e. The topological polar surface area (TPSA) is 26.5 Å². The van der Waals surface area contributed by atoms with Crippen LogP contribution in [0.2, 0.25) is 0 Å². The number of hydrogen-bond acceptors (Lipinski definition) is 2. The summed E-state index contributed by atoms with van der Waals surface area (Å²) in [7, 11) is 0. The molecule has 0 radical (unpaired) electrons. The summed E-state index contributed by atoms with van der Waals surface area (Å²) in [6.07, 6.45) is 3.74. The molecule has 2 aromatic heterocycles. The van der Waals surface area contributed by atoms with Crippen molar-refractivity contribution in [3.8, 4) is 5.75 Å². The van der Waals surface area contributed by atoms with E-state index in [0.717, 1.165) is 21.6 Å². The third-order valence-electron chi connectivity index (χ3n) is 2.71. The molecule has 90 valence electrons. The van der Waals surface area contributed by atoms with Crippen LogP contribution in [0.1, 0.15) is 5.56 Å². The number of nitrogens with zero attached hydrogens (tertiary/aromatic N) is 2. The number of hydrogen-bond donors (Lipinski definition) is 0. The Bertz CT molecular complexity index is 664. The van der Waals surface area contributed by atoms with Gasteiger partial charge < -0.3 is 4.74 Å². The molecule has 18 heavy (non-hydrogen) atoms. The Morgan fingerprint density at radius 2 is 2.00 bits per heavy atom. The van der Waals surface area contributed by atoms with E-state index < -0.39 is 0 Å². The first-order valence-corrected chi connectivity index (χ1v) is 6.41. The molecule has 1 aromatic carbocycles. The van der Waals surface area contributed by atoms with E-state index in [0.29, 0.717) is 6.61 Å². The quantitative estimate of drug-likeness (QED) is 0.738. The SMILES string of the molecule is Brc1ncc2cc(OCc3ccccc3)ccn12. The zero-order chi connectivity index (χ0) is 12.4. The Kier molecular flexibility index (Phi) is 3.02. The molecule has 3 rings (SSSR count). The fraction of sp³-hybridized carbons (Fsp3) is 0.0714. The second kappa shape index (κ2) is 4.82. The molecule has 0 unspecified atom stereocenters. The summed E-state index contributed by atoms with van der Waals surface area (Å²) in [4.78, 5) is 4.18. The molecule has 0 N–H and O–H groups in total. The minimum absolute atomic E-state index is 0.576. The van der Waals surface area contributed by atoms with Gasteiger partial charge in [-0.25, -0.2) is 4.98 Å². The molecular formula is C14H11BrN2O. The van der Waals surface area contributed by atoms with Gasteiger partial charge in [-0.3, -0.25) is 4.40 Å². The third-order valence-corrected chi connectivity index (χ3v) is 3.29. The average molecular weight is 303 g/mol. The average Bonchev–Trinajstić information content (AvgIpc) is 2.79. The number of benzene rings is 1. The molecule has 0 spiro atoms. The number of rotatable bonds is 3. The zero-order valence-corrected chi connectivity index (χ0v) is 11.2. The highest BCUT2D eigenvalue weighted by molar-refractivity contribution is 9.10. The van der Waals surface area contributed by atoms with E-state index in [2.05, 4.69) is 20.9 Å². The lowest BCUT2D eigenvalue weighted by Gasteiger charge is -2.06. The molecule has 0 saturated carbocycles. The van der Waals surface area contributed by atoms with E-state index in [1.165, 1.54) is 0 Å². The summed E-state index contributed by atoms with van der Waals surface area (Å²) in [5.74, 6) is 0.846. The van der Waals surface area contributed by atoms with E-state index in [9.17, 15) is 0 Å². The van der Waals surface area contributed by atoms with Crippen molar-refractivity contribution >= 4 is 21.4 Å². The van der Waals surface area contributed by atoms with Gasteiger partial charge in [0.25, 0.3) is 0 Å². The van der Waals surface area contributed by atoms with Crippen LogP contribution in [0, 0.1) is 0 Å². The van der Waals surface area contributed by atoms with Crippen LogP contribution >= 0.6 is 15.9 Å². The molecule has 0 aliphatic rings.